The van der Waals surface area contributed by atoms with Crippen molar-refractivity contribution in [3.63, 3.8) is 0 Å². The van der Waals surface area contributed by atoms with Crippen molar-refractivity contribution in [2.75, 3.05) is 13.1 Å². The van der Waals surface area contributed by atoms with E-state index >= 15 is 0 Å². The number of piperidine rings is 1. The first-order valence-electron chi connectivity index (χ1n) is 6.77. The van der Waals surface area contributed by atoms with E-state index in [0.717, 1.165) is 18.5 Å². The maximum atomic E-state index is 5.89. The zero-order chi connectivity index (χ0) is 10.7. The van der Waals surface area contributed by atoms with Crippen molar-refractivity contribution in [2.24, 2.45) is 11.7 Å². The SMILES string of the molecule is CC1CCC(N2CCCCC2CN)CC1. The monoisotopic (exact) mass is 210 g/mol. The van der Waals surface area contributed by atoms with Crippen LogP contribution in [0, 0.1) is 5.92 Å². The maximum absolute atomic E-state index is 5.89. The average Bonchev–Trinajstić information content (AvgIpc) is 2.30. The van der Waals surface area contributed by atoms with Crippen LogP contribution < -0.4 is 5.73 Å². The lowest BCUT2D eigenvalue weighted by atomic mass is 9.85. The van der Waals surface area contributed by atoms with E-state index in [0.29, 0.717) is 6.04 Å². The molecule has 0 bridgehead atoms. The van der Waals surface area contributed by atoms with Crippen LogP contribution in [0.5, 0.6) is 0 Å². The van der Waals surface area contributed by atoms with Gasteiger partial charge >= 0.3 is 0 Å². The van der Waals surface area contributed by atoms with E-state index in [4.69, 9.17) is 5.73 Å². The fourth-order valence-corrected chi connectivity index (χ4v) is 3.33. The van der Waals surface area contributed by atoms with Crippen LogP contribution in [0.3, 0.4) is 0 Å². The number of hydrogen-bond acceptors (Lipinski definition) is 2. The van der Waals surface area contributed by atoms with Gasteiger partial charge in [0.2, 0.25) is 0 Å². The maximum Gasteiger partial charge on any atom is 0.0221 e. The van der Waals surface area contributed by atoms with Crippen molar-refractivity contribution in [3.8, 4) is 0 Å². The summed E-state index contributed by atoms with van der Waals surface area (Å²) in [6.07, 6.45) is 9.80. The predicted octanol–water partition coefficient (Wildman–Crippen LogP) is 2.38. The normalized spacial score (nSPS) is 39.2. The van der Waals surface area contributed by atoms with Crippen LogP contribution in [0.25, 0.3) is 0 Å². The van der Waals surface area contributed by atoms with Crippen molar-refractivity contribution < 1.29 is 0 Å². The lowest BCUT2D eigenvalue weighted by Gasteiger charge is -2.43. The first kappa shape index (κ1) is 11.4. The second-order valence-corrected chi connectivity index (χ2v) is 5.54. The van der Waals surface area contributed by atoms with Gasteiger partial charge in [0.1, 0.15) is 0 Å². The van der Waals surface area contributed by atoms with E-state index < -0.39 is 0 Å². The molecule has 2 aliphatic rings. The Hall–Kier alpha value is -0.0800. The molecule has 1 heterocycles. The largest absolute Gasteiger partial charge is 0.329 e. The Morgan fingerprint density at radius 2 is 1.80 bits per heavy atom. The summed E-state index contributed by atoms with van der Waals surface area (Å²) in [5.74, 6) is 0.961. The number of rotatable bonds is 2. The Labute approximate surface area is 94.2 Å². The molecule has 0 amide bonds. The second-order valence-electron chi connectivity index (χ2n) is 5.54. The van der Waals surface area contributed by atoms with E-state index in [2.05, 4.69) is 11.8 Å². The highest BCUT2D eigenvalue weighted by Gasteiger charge is 2.29. The first-order valence-corrected chi connectivity index (χ1v) is 6.77. The third-order valence-corrected chi connectivity index (χ3v) is 4.40. The van der Waals surface area contributed by atoms with Crippen LogP contribution in [0.15, 0.2) is 0 Å². The highest BCUT2D eigenvalue weighted by atomic mass is 15.2. The molecule has 0 radical (unpaired) electrons. The summed E-state index contributed by atoms with van der Waals surface area (Å²) in [5.41, 5.74) is 5.89. The smallest absolute Gasteiger partial charge is 0.0221 e. The Balaban J connectivity index is 1.90. The summed E-state index contributed by atoms with van der Waals surface area (Å²) in [5, 5.41) is 0. The molecule has 15 heavy (non-hydrogen) atoms. The fraction of sp³-hybridized carbons (Fsp3) is 1.00. The van der Waals surface area contributed by atoms with Crippen molar-refractivity contribution in [3.05, 3.63) is 0 Å². The summed E-state index contributed by atoms with van der Waals surface area (Å²) < 4.78 is 0. The molecule has 2 heteroatoms. The molecule has 2 fully saturated rings. The summed E-state index contributed by atoms with van der Waals surface area (Å²) in [6, 6.07) is 1.55. The molecular formula is C13H26N2. The molecule has 1 saturated carbocycles. The summed E-state index contributed by atoms with van der Waals surface area (Å²) in [7, 11) is 0. The van der Waals surface area contributed by atoms with Gasteiger partial charge in [-0.15, -0.1) is 0 Å². The second kappa shape index (κ2) is 5.31. The summed E-state index contributed by atoms with van der Waals surface area (Å²) in [6.45, 7) is 4.57. The molecule has 2 rings (SSSR count). The quantitative estimate of drug-likeness (QED) is 0.758. The third-order valence-electron chi connectivity index (χ3n) is 4.40. The molecule has 2 N–H and O–H groups in total. The zero-order valence-corrected chi connectivity index (χ0v) is 10.1. The highest BCUT2D eigenvalue weighted by molar-refractivity contribution is 4.86. The minimum Gasteiger partial charge on any atom is -0.329 e. The van der Waals surface area contributed by atoms with E-state index in [1.807, 2.05) is 0 Å². The van der Waals surface area contributed by atoms with Crippen molar-refractivity contribution in [1.29, 1.82) is 0 Å². The molecule has 88 valence electrons. The standard InChI is InChI=1S/C13H26N2/c1-11-5-7-12(8-6-11)15-9-3-2-4-13(15)10-14/h11-13H,2-10,14H2,1H3. The van der Waals surface area contributed by atoms with Crippen molar-refractivity contribution in [2.45, 2.75) is 64.0 Å². The summed E-state index contributed by atoms with van der Waals surface area (Å²) >= 11 is 0. The van der Waals surface area contributed by atoms with E-state index in [-0.39, 0.29) is 0 Å². The lowest BCUT2D eigenvalue weighted by Crippen LogP contribution is -2.50. The van der Waals surface area contributed by atoms with Gasteiger partial charge in [-0.25, -0.2) is 0 Å². The van der Waals surface area contributed by atoms with Gasteiger partial charge in [-0.2, -0.15) is 0 Å². The predicted molar refractivity (Wildman–Crippen MR) is 64.8 cm³/mol. The Morgan fingerprint density at radius 3 is 2.47 bits per heavy atom. The van der Waals surface area contributed by atoms with Gasteiger partial charge < -0.3 is 5.73 Å². The molecule has 1 aliphatic carbocycles. The third kappa shape index (κ3) is 2.73. The van der Waals surface area contributed by atoms with Crippen molar-refractivity contribution >= 4 is 0 Å². The molecule has 0 aromatic rings. The minimum atomic E-state index is 0.692. The Bertz CT molecular complexity index is 185. The van der Waals surface area contributed by atoms with E-state index in [1.165, 1.54) is 51.5 Å². The molecule has 0 aromatic heterocycles. The molecule has 0 aromatic carbocycles. The van der Waals surface area contributed by atoms with Gasteiger partial charge in [-0.05, 0) is 51.0 Å². The van der Waals surface area contributed by atoms with Crippen LogP contribution in [0.1, 0.15) is 51.9 Å². The van der Waals surface area contributed by atoms with Crippen LogP contribution in [-0.2, 0) is 0 Å². The van der Waals surface area contributed by atoms with Crippen LogP contribution >= 0.6 is 0 Å². The molecule has 1 saturated heterocycles. The molecule has 1 unspecified atom stereocenters. The van der Waals surface area contributed by atoms with Crippen LogP contribution in [0.4, 0.5) is 0 Å². The first-order chi connectivity index (χ1) is 7.31. The molecule has 1 atom stereocenters. The van der Waals surface area contributed by atoms with Gasteiger partial charge in [-0.3, -0.25) is 4.90 Å². The fourth-order valence-electron chi connectivity index (χ4n) is 3.33. The van der Waals surface area contributed by atoms with Gasteiger partial charge in [0.05, 0.1) is 0 Å². The van der Waals surface area contributed by atoms with Gasteiger partial charge in [0, 0.05) is 18.6 Å². The van der Waals surface area contributed by atoms with Crippen LogP contribution in [-0.4, -0.2) is 30.1 Å². The molecule has 1 aliphatic heterocycles. The average molecular weight is 210 g/mol. The lowest BCUT2D eigenvalue weighted by molar-refractivity contribution is 0.0683. The topological polar surface area (TPSA) is 29.3 Å². The number of hydrogen-bond donors (Lipinski definition) is 1. The molecular weight excluding hydrogens is 184 g/mol. The van der Waals surface area contributed by atoms with Crippen LogP contribution in [0.2, 0.25) is 0 Å². The number of nitrogens with zero attached hydrogens (tertiary/aromatic N) is 1. The highest BCUT2D eigenvalue weighted by Crippen LogP contribution is 2.30. The Kier molecular flexibility index (Phi) is 4.04. The number of nitrogens with two attached hydrogens (primary N) is 1. The minimum absolute atomic E-state index is 0.692. The Morgan fingerprint density at radius 1 is 1.07 bits per heavy atom. The summed E-state index contributed by atoms with van der Waals surface area (Å²) in [4.78, 5) is 2.73. The van der Waals surface area contributed by atoms with Gasteiger partial charge in [-0.1, -0.05) is 13.3 Å². The molecule has 2 nitrogen and oxygen atoms in total. The van der Waals surface area contributed by atoms with Gasteiger partial charge in [0.15, 0.2) is 0 Å². The number of likely N-dealkylation sites (tertiary alicyclic amines) is 1. The van der Waals surface area contributed by atoms with E-state index in [1.54, 1.807) is 0 Å². The molecule has 0 spiro atoms. The van der Waals surface area contributed by atoms with E-state index in [9.17, 15) is 0 Å². The van der Waals surface area contributed by atoms with Gasteiger partial charge in [0.25, 0.3) is 0 Å². The van der Waals surface area contributed by atoms with Crippen molar-refractivity contribution in [1.82, 2.24) is 4.90 Å². The zero-order valence-electron chi connectivity index (χ0n) is 10.1.